The summed E-state index contributed by atoms with van der Waals surface area (Å²) in [4.78, 5) is 18.8. The number of aromatic nitrogens is 1. The first-order valence-electron chi connectivity index (χ1n) is 7.06. The van der Waals surface area contributed by atoms with E-state index in [2.05, 4.69) is 11.9 Å². The number of carbonyl (C=O) groups is 1. The maximum Gasteiger partial charge on any atom is 0.256 e. The van der Waals surface area contributed by atoms with Gasteiger partial charge >= 0.3 is 0 Å². The van der Waals surface area contributed by atoms with Crippen LogP contribution in [0.15, 0.2) is 12.3 Å². The minimum Gasteiger partial charge on any atom is -0.397 e. The van der Waals surface area contributed by atoms with E-state index in [4.69, 9.17) is 10.5 Å². The maximum atomic E-state index is 12.8. The van der Waals surface area contributed by atoms with Gasteiger partial charge in [-0.05, 0) is 38.7 Å². The molecule has 1 atom stereocenters. The Kier molecular flexibility index (Phi) is 4.60. The Hall–Kier alpha value is -1.62. The Bertz CT molecular complexity index is 486. The van der Waals surface area contributed by atoms with Crippen molar-refractivity contribution in [2.75, 3.05) is 26.0 Å². The average molecular weight is 277 g/mol. The molecule has 1 fully saturated rings. The Morgan fingerprint density at radius 3 is 2.90 bits per heavy atom. The quantitative estimate of drug-likeness (QED) is 0.861. The number of methoxy groups -OCH3 is 1. The molecule has 2 rings (SSSR count). The maximum absolute atomic E-state index is 12.8. The molecule has 0 saturated heterocycles. The van der Waals surface area contributed by atoms with Crippen LogP contribution in [0.2, 0.25) is 0 Å². The fourth-order valence-electron chi connectivity index (χ4n) is 2.43. The third-order valence-corrected chi connectivity index (χ3v) is 3.93. The monoisotopic (exact) mass is 277 g/mol. The van der Waals surface area contributed by atoms with E-state index in [0.29, 0.717) is 30.3 Å². The molecule has 0 spiro atoms. The lowest BCUT2D eigenvalue weighted by Gasteiger charge is -2.29. The number of anilines is 1. The van der Waals surface area contributed by atoms with Crippen molar-refractivity contribution in [3.05, 3.63) is 23.5 Å². The molecule has 1 aromatic heterocycles. The SMILES string of the molecule is COCCN(C(=O)c1cc(N)cnc1C)C(C)C1CC1. The molecular weight excluding hydrogens is 254 g/mol. The highest BCUT2D eigenvalue weighted by molar-refractivity contribution is 5.96. The van der Waals surface area contributed by atoms with Crippen molar-refractivity contribution in [2.24, 2.45) is 5.92 Å². The molecule has 1 aromatic rings. The lowest BCUT2D eigenvalue weighted by Crippen LogP contribution is -2.42. The van der Waals surface area contributed by atoms with Crippen molar-refractivity contribution in [2.45, 2.75) is 32.7 Å². The number of pyridine rings is 1. The molecule has 1 heterocycles. The summed E-state index contributed by atoms with van der Waals surface area (Å²) >= 11 is 0. The van der Waals surface area contributed by atoms with Crippen LogP contribution in [-0.4, -0.2) is 42.1 Å². The summed E-state index contributed by atoms with van der Waals surface area (Å²) in [5.74, 6) is 0.615. The third kappa shape index (κ3) is 3.28. The van der Waals surface area contributed by atoms with Crippen LogP contribution < -0.4 is 5.73 Å². The zero-order valence-electron chi connectivity index (χ0n) is 12.4. The number of amides is 1. The van der Waals surface area contributed by atoms with Crippen molar-refractivity contribution < 1.29 is 9.53 Å². The van der Waals surface area contributed by atoms with Gasteiger partial charge in [0.25, 0.3) is 5.91 Å². The second-order valence-electron chi connectivity index (χ2n) is 5.47. The van der Waals surface area contributed by atoms with Crippen LogP contribution in [0, 0.1) is 12.8 Å². The number of hydrogen-bond acceptors (Lipinski definition) is 4. The van der Waals surface area contributed by atoms with Gasteiger partial charge in [-0.3, -0.25) is 9.78 Å². The van der Waals surface area contributed by atoms with E-state index in [1.807, 2.05) is 11.8 Å². The lowest BCUT2D eigenvalue weighted by molar-refractivity contribution is 0.0593. The molecule has 5 nitrogen and oxygen atoms in total. The topological polar surface area (TPSA) is 68.5 Å². The fraction of sp³-hybridized carbons (Fsp3) is 0.600. The number of aryl methyl sites for hydroxylation is 1. The zero-order chi connectivity index (χ0) is 14.7. The van der Waals surface area contributed by atoms with E-state index in [0.717, 1.165) is 5.69 Å². The Morgan fingerprint density at radius 2 is 2.30 bits per heavy atom. The first-order valence-corrected chi connectivity index (χ1v) is 7.06. The Labute approximate surface area is 120 Å². The van der Waals surface area contributed by atoms with Crippen molar-refractivity contribution in [3.8, 4) is 0 Å². The summed E-state index contributed by atoms with van der Waals surface area (Å²) < 4.78 is 5.13. The van der Waals surface area contributed by atoms with Crippen molar-refractivity contribution in [1.82, 2.24) is 9.88 Å². The van der Waals surface area contributed by atoms with Gasteiger partial charge in [0.1, 0.15) is 0 Å². The van der Waals surface area contributed by atoms with Crippen LogP contribution in [0.25, 0.3) is 0 Å². The van der Waals surface area contributed by atoms with E-state index in [1.54, 1.807) is 19.4 Å². The number of carbonyl (C=O) groups excluding carboxylic acids is 1. The van der Waals surface area contributed by atoms with Crippen LogP contribution in [-0.2, 0) is 4.74 Å². The highest BCUT2D eigenvalue weighted by atomic mass is 16.5. The lowest BCUT2D eigenvalue weighted by atomic mass is 10.1. The molecule has 1 aliphatic rings. The van der Waals surface area contributed by atoms with E-state index in [9.17, 15) is 4.79 Å². The van der Waals surface area contributed by atoms with E-state index in [1.165, 1.54) is 12.8 Å². The minimum absolute atomic E-state index is 0.00116. The third-order valence-electron chi connectivity index (χ3n) is 3.93. The number of hydrogen-bond donors (Lipinski definition) is 1. The Morgan fingerprint density at radius 1 is 1.60 bits per heavy atom. The number of rotatable bonds is 6. The second-order valence-corrected chi connectivity index (χ2v) is 5.47. The molecular formula is C15H23N3O2. The molecule has 1 unspecified atom stereocenters. The molecule has 0 aromatic carbocycles. The summed E-state index contributed by atoms with van der Waals surface area (Å²) in [6.07, 6.45) is 3.98. The van der Waals surface area contributed by atoms with E-state index < -0.39 is 0 Å². The molecule has 0 bridgehead atoms. The van der Waals surface area contributed by atoms with Gasteiger partial charge in [-0.2, -0.15) is 0 Å². The summed E-state index contributed by atoms with van der Waals surface area (Å²) in [5.41, 5.74) is 7.58. The number of nitrogen functional groups attached to an aromatic ring is 1. The van der Waals surface area contributed by atoms with Crippen LogP contribution in [0.5, 0.6) is 0 Å². The largest absolute Gasteiger partial charge is 0.397 e. The first kappa shape index (κ1) is 14.8. The van der Waals surface area contributed by atoms with E-state index >= 15 is 0 Å². The molecule has 2 N–H and O–H groups in total. The van der Waals surface area contributed by atoms with Crippen LogP contribution in [0.4, 0.5) is 5.69 Å². The van der Waals surface area contributed by atoms with Gasteiger partial charge in [-0.25, -0.2) is 0 Å². The molecule has 0 aliphatic heterocycles. The number of nitrogens with zero attached hydrogens (tertiary/aromatic N) is 2. The average Bonchev–Trinajstić information content (AvgIpc) is 3.26. The first-order chi connectivity index (χ1) is 9.54. The van der Waals surface area contributed by atoms with Gasteiger partial charge in [0.05, 0.1) is 29.7 Å². The van der Waals surface area contributed by atoms with Crippen LogP contribution in [0.1, 0.15) is 35.8 Å². The standard InChI is InChI=1S/C15H23N3O2/c1-10-14(8-13(16)9-17-10)15(19)18(6-7-20-3)11(2)12-4-5-12/h8-9,11-12H,4-7,16H2,1-3H3. The van der Waals surface area contributed by atoms with Crippen LogP contribution in [0.3, 0.4) is 0 Å². The number of ether oxygens (including phenoxy) is 1. The molecule has 5 heteroatoms. The summed E-state index contributed by atoms with van der Waals surface area (Å²) in [6, 6.07) is 1.95. The molecule has 0 radical (unpaired) electrons. The van der Waals surface area contributed by atoms with Crippen molar-refractivity contribution in [1.29, 1.82) is 0 Å². The van der Waals surface area contributed by atoms with Gasteiger partial charge in [0.15, 0.2) is 0 Å². The van der Waals surface area contributed by atoms with Gasteiger partial charge in [0, 0.05) is 19.7 Å². The van der Waals surface area contributed by atoms with Gasteiger partial charge in [-0.1, -0.05) is 0 Å². The minimum atomic E-state index is -0.00116. The van der Waals surface area contributed by atoms with E-state index in [-0.39, 0.29) is 11.9 Å². The normalized spacial score (nSPS) is 15.9. The van der Waals surface area contributed by atoms with Gasteiger partial charge < -0.3 is 15.4 Å². The molecule has 1 amide bonds. The highest BCUT2D eigenvalue weighted by Gasteiger charge is 2.34. The second kappa shape index (κ2) is 6.22. The fourth-order valence-corrected chi connectivity index (χ4v) is 2.43. The van der Waals surface area contributed by atoms with Crippen molar-refractivity contribution >= 4 is 11.6 Å². The predicted molar refractivity (Wildman–Crippen MR) is 78.5 cm³/mol. The molecule has 20 heavy (non-hydrogen) atoms. The smallest absolute Gasteiger partial charge is 0.256 e. The highest BCUT2D eigenvalue weighted by Crippen LogP contribution is 2.35. The summed E-state index contributed by atoms with van der Waals surface area (Å²) in [6.45, 7) is 5.09. The van der Waals surface area contributed by atoms with Gasteiger partial charge in [-0.15, -0.1) is 0 Å². The number of nitrogens with two attached hydrogens (primary N) is 1. The van der Waals surface area contributed by atoms with Crippen molar-refractivity contribution in [3.63, 3.8) is 0 Å². The molecule has 1 saturated carbocycles. The molecule has 1 aliphatic carbocycles. The summed E-state index contributed by atoms with van der Waals surface area (Å²) in [5, 5.41) is 0. The predicted octanol–water partition coefficient (Wildman–Crippen LogP) is 1.86. The summed E-state index contributed by atoms with van der Waals surface area (Å²) in [7, 11) is 1.65. The van der Waals surface area contributed by atoms with Gasteiger partial charge in [0.2, 0.25) is 0 Å². The zero-order valence-corrected chi connectivity index (χ0v) is 12.4. The Balaban J connectivity index is 2.22. The van der Waals surface area contributed by atoms with Crippen LogP contribution >= 0.6 is 0 Å². The molecule has 110 valence electrons.